The average molecular weight is 164 g/mol. The van der Waals surface area contributed by atoms with Crippen LogP contribution in [0.25, 0.3) is 0 Å². The first kappa shape index (κ1) is 7.67. The molecule has 0 aliphatic heterocycles. The quantitative estimate of drug-likeness (QED) is 0.551. The molecule has 0 spiro atoms. The van der Waals surface area contributed by atoms with E-state index in [0.717, 1.165) is 12.3 Å². The molecule has 64 valence electrons. The maximum absolute atomic E-state index is 10.2. The number of carboxylic acid groups (broad SMARTS) is 1. The van der Waals surface area contributed by atoms with Crippen molar-refractivity contribution < 1.29 is 9.90 Å². The molecule has 0 radical (unpaired) electrons. The second-order valence-electron chi connectivity index (χ2n) is 3.86. The lowest BCUT2D eigenvalue weighted by Gasteiger charge is -2.14. The fraction of sp³-hybridized carbons (Fsp3) is 0.700. The molecular formula is C10H12O2. The molecule has 2 aliphatic carbocycles. The van der Waals surface area contributed by atoms with Crippen LogP contribution in [0.2, 0.25) is 0 Å². The summed E-state index contributed by atoms with van der Waals surface area (Å²) < 4.78 is 0. The van der Waals surface area contributed by atoms with Crippen molar-refractivity contribution in [2.75, 3.05) is 0 Å². The van der Waals surface area contributed by atoms with Gasteiger partial charge in [-0.2, -0.15) is 0 Å². The smallest absolute Gasteiger partial charge is 0.381 e. The van der Waals surface area contributed by atoms with Crippen molar-refractivity contribution in [1.82, 2.24) is 0 Å². The van der Waals surface area contributed by atoms with Gasteiger partial charge in [0, 0.05) is 11.8 Å². The topological polar surface area (TPSA) is 37.3 Å². The summed E-state index contributed by atoms with van der Waals surface area (Å²) in [7, 11) is 0. The van der Waals surface area contributed by atoms with E-state index in [-0.39, 0.29) is 0 Å². The summed E-state index contributed by atoms with van der Waals surface area (Å²) in [5, 5.41) is 8.37. The summed E-state index contributed by atoms with van der Waals surface area (Å²) in [6, 6.07) is 0. The van der Waals surface area contributed by atoms with Crippen LogP contribution in [0.1, 0.15) is 25.7 Å². The fourth-order valence-corrected chi connectivity index (χ4v) is 2.58. The van der Waals surface area contributed by atoms with Gasteiger partial charge in [-0.1, -0.05) is 12.3 Å². The molecule has 0 amide bonds. The third kappa shape index (κ3) is 1.32. The highest BCUT2D eigenvalue weighted by atomic mass is 16.4. The SMILES string of the molecule is O=C(O)C#CC1CC2CCC1C2. The highest BCUT2D eigenvalue weighted by molar-refractivity contribution is 5.86. The van der Waals surface area contributed by atoms with Crippen molar-refractivity contribution in [3.8, 4) is 11.8 Å². The maximum Gasteiger partial charge on any atom is 0.381 e. The van der Waals surface area contributed by atoms with Crippen LogP contribution in [0, 0.1) is 29.6 Å². The Morgan fingerprint density at radius 2 is 2.17 bits per heavy atom. The Bertz CT molecular complexity index is 259. The molecular weight excluding hydrogens is 152 g/mol. The molecule has 3 unspecified atom stereocenters. The Labute approximate surface area is 72.0 Å². The minimum atomic E-state index is -0.988. The Kier molecular flexibility index (Phi) is 1.80. The number of hydrogen-bond donors (Lipinski definition) is 1. The van der Waals surface area contributed by atoms with E-state index in [2.05, 4.69) is 11.8 Å². The predicted molar refractivity (Wildman–Crippen MR) is 44.3 cm³/mol. The fourth-order valence-electron chi connectivity index (χ4n) is 2.58. The van der Waals surface area contributed by atoms with E-state index in [9.17, 15) is 4.79 Å². The maximum atomic E-state index is 10.2. The normalized spacial score (nSPS) is 37.5. The van der Waals surface area contributed by atoms with E-state index >= 15 is 0 Å². The highest BCUT2D eigenvalue weighted by Gasteiger charge is 2.38. The Morgan fingerprint density at radius 1 is 1.33 bits per heavy atom. The molecule has 2 rings (SSSR count). The second-order valence-corrected chi connectivity index (χ2v) is 3.86. The third-order valence-corrected chi connectivity index (χ3v) is 3.10. The molecule has 0 heterocycles. The molecule has 1 N–H and O–H groups in total. The van der Waals surface area contributed by atoms with Crippen LogP contribution in [0.4, 0.5) is 0 Å². The zero-order valence-electron chi connectivity index (χ0n) is 6.92. The third-order valence-electron chi connectivity index (χ3n) is 3.10. The number of carbonyl (C=O) groups is 1. The summed E-state index contributed by atoms with van der Waals surface area (Å²) in [4.78, 5) is 10.2. The van der Waals surface area contributed by atoms with E-state index in [1.54, 1.807) is 0 Å². The predicted octanol–water partition coefficient (Wildman–Crippen LogP) is 1.51. The van der Waals surface area contributed by atoms with Crippen LogP contribution in [0.3, 0.4) is 0 Å². The molecule has 2 heteroatoms. The molecule has 2 bridgehead atoms. The first-order valence-electron chi connectivity index (χ1n) is 4.50. The van der Waals surface area contributed by atoms with E-state index in [1.165, 1.54) is 19.3 Å². The standard InChI is InChI=1S/C10H12O2/c11-10(12)4-3-9-6-7-1-2-8(9)5-7/h7-9H,1-2,5-6H2,(H,11,12). The number of rotatable bonds is 0. The van der Waals surface area contributed by atoms with Gasteiger partial charge in [-0.15, -0.1) is 0 Å². The Balaban J connectivity index is 2.00. The molecule has 2 saturated carbocycles. The monoisotopic (exact) mass is 164 g/mol. The lowest BCUT2D eigenvalue weighted by atomic mass is 9.89. The van der Waals surface area contributed by atoms with Crippen molar-refractivity contribution in [2.45, 2.75) is 25.7 Å². The van der Waals surface area contributed by atoms with E-state index < -0.39 is 5.97 Å². The Hall–Kier alpha value is -0.970. The molecule has 0 aromatic carbocycles. The molecule has 0 aromatic rings. The van der Waals surface area contributed by atoms with Gasteiger partial charge in [0.25, 0.3) is 0 Å². The second kappa shape index (κ2) is 2.82. The van der Waals surface area contributed by atoms with Gasteiger partial charge in [0.1, 0.15) is 0 Å². The molecule has 2 aliphatic rings. The lowest BCUT2D eigenvalue weighted by Crippen LogP contribution is -2.08. The van der Waals surface area contributed by atoms with E-state index in [0.29, 0.717) is 11.8 Å². The van der Waals surface area contributed by atoms with Crippen molar-refractivity contribution in [1.29, 1.82) is 0 Å². The number of hydrogen-bond acceptors (Lipinski definition) is 1. The largest absolute Gasteiger partial charge is 0.472 e. The first-order valence-corrected chi connectivity index (χ1v) is 4.50. The van der Waals surface area contributed by atoms with Gasteiger partial charge in [-0.3, -0.25) is 0 Å². The number of fused-ring (bicyclic) bond motifs is 2. The van der Waals surface area contributed by atoms with Gasteiger partial charge in [-0.05, 0) is 31.1 Å². The molecule has 3 atom stereocenters. The van der Waals surface area contributed by atoms with Crippen LogP contribution < -0.4 is 0 Å². The van der Waals surface area contributed by atoms with Crippen molar-refractivity contribution in [3.05, 3.63) is 0 Å². The van der Waals surface area contributed by atoms with Crippen LogP contribution in [0.15, 0.2) is 0 Å². The lowest BCUT2D eigenvalue weighted by molar-refractivity contribution is -0.130. The average Bonchev–Trinajstić information content (AvgIpc) is 2.60. The Morgan fingerprint density at radius 3 is 2.67 bits per heavy atom. The van der Waals surface area contributed by atoms with Crippen LogP contribution >= 0.6 is 0 Å². The van der Waals surface area contributed by atoms with Gasteiger partial charge in [0.05, 0.1) is 0 Å². The molecule has 12 heavy (non-hydrogen) atoms. The number of aliphatic carboxylic acids is 1. The first-order chi connectivity index (χ1) is 5.75. The molecule has 0 saturated heterocycles. The minimum Gasteiger partial charge on any atom is -0.472 e. The molecule has 0 aromatic heterocycles. The van der Waals surface area contributed by atoms with Gasteiger partial charge < -0.3 is 5.11 Å². The van der Waals surface area contributed by atoms with E-state index in [1.807, 2.05) is 0 Å². The summed E-state index contributed by atoms with van der Waals surface area (Å²) in [6.45, 7) is 0. The van der Waals surface area contributed by atoms with E-state index in [4.69, 9.17) is 5.11 Å². The minimum absolute atomic E-state index is 0.389. The number of carboxylic acids is 1. The summed E-state index contributed by atoms with van der Waals surface area (Å²) in [5.74, 6) is 6.06. The summed E-state index contributed by atoms with van der Waals surface area (Å²) >= 11 is 0. The van der Waals surface area contributed by atoms with Crippen molar-refractivity contribution >= 4 is 5.97 Å². The molecule has 2 fully saturated rings. The van der Waals surface area contributed by atoms with Gasteiger partial charge in [0.15, 0.2) is 0 Å². The summed E-state index contributed by atoms with van der Waals surface area (Å²) in [6.07, 6.45) is 5.05. The van der Waals surface area contributed by atoms with Crippen LogP contribution in [-0.2, 0) is 4.79 Å². The van der Waals surface area contributed by atoms with Gasteiger partial charge in [0.2, 0.25) is 0 Å². The zero-order chi connectivity index (χ0) is 8.55. The van der Waals surface area contributed by atoms with Crippen LogP contribution in [0.5, 0.6) is 0 Å². The highest BCUT2D eigenvalue weighted by Crippen LogP contribution is 2.47. The summed E-state index contributed by atoms with van der Waals surface area (Å²) in [5.41, 5.74) is 0. The van der Waals surface area contributed by atoms with Crippen molar-refractivity contribution in [3.63, 3.8) is 0 Å². The van der Waals surface area contributed by atoms with Gasteiger partial charge in [-0.25, -0.2) is 4.79 Å². The van der Waals surface area contributed by atoms with Crippen molar-refractivity contribution in [2.24, 2.45) is 17.8 Å². The van der Waals surface area contributed by atoms with Gasteiger partial charge >= 0.3 is 5.97 Å². The molecule has 2 nitrogen and oxygen atoms in total. The zero-order valence-corrected chi connectivity index (χ0v) is 6.92. The van der Waals surface area contributed by atoms with Crippen LogP contribution in [-0.4, -0.2) is 11.1 Å².